The van der Waals surface area contributed by atoms with Crippen molar-refractivity contribution in [2.75, 3.05) is 0 Å². The van der Waals surface area contributed by atoms with Crippen LogP contribution < -0.4 is 0 Å². The Morgan fingerprint density at radius 3 is 1.09 bits per heavy atom. The van der Waals surface area contributed by atoms with Gasteiger partial charge in [0.1, 0.15) is 74.6 Å². The minimum Gasteiger partial charge on any atom is -0.507 e. The summed E-state index contributed by atoms with van der Waals surface area (Å²) in [7, 11) is 0. The monoisotopic (exact) mass is 1380 g/mol. The lowest BCUT2D eigenvalue weighted by Gasteiger charge is -2.12. The molecule has 85 heavy (non-hydrogen) atoms. The van der Waals surface area contributed by atoms with Gasteiger partial charge < -0.3 is 25.2 Å². The molecule has 0 saturated heterocycles. The van der Waals surface area contributed by atoms with Crippen LogP contribution in [0.25, 0.3) is 17.1 Å². The second-order valence-corrected chi connectivity index (χ2v) is 22.7. The van der Waals surface area contributed by atoms with Gasteiger partial charge in [-0.2, -0.15) is 0 Å². The van der Waals surface area contributed by atoms with Gasteiger partial charge in [0.2, 0.25) is 23.1 Å². The Kier molecular flexibility index (Phi) is 21.1. The van der Waals surface area contributed by atoms with E-state index in [4.69, 9.17) is 139 Å². The van der Waals surface area contributed by atoms with Crippen LogP contribution in [0, 0.1) is 13.8 Å². The Labute approximate surface area is 544 Å². The van der Waals surface area contributed by atoms with Gasteiger partial charge >= 0.3 is 0 Å². The first-order chi connectivity index (χ1) is 39.7. The smallest absolute Gasteiger partial charge is 0.215 e. The number of aromatic hydroxyl groups is 2. The summed E-state index contributed by atoms with van der Waals surface area (Å²) in [6.07, 6.45) is 0. The first-order valence-corrected chi connectivity index (χ1v) is 28.5. The average Bonchev–Trinajstić information content (AvgIpc) is 2.02. The van der Waals surface area contributed by atoms with Gasteiger partial charge in [0.05, 0.1) is 60.3 Å². The second kappa shape index (κ2) is 27.1. The van der Waals surface area contributed by atoms with Crippen LogP contribution in [0.3, 0.4) is 0 Å². The van der Waals surface area contributed by atoms with Crippen molar-refractivity contribution >= 4 is 174 Å². The van der Waals surface area contributed by atoms with Crippen molar-refractivity contribution in [2.45, 2.75) is 35.1 Å². The number of phenolic OH excluding ortho intramolecular Hbond substituents is 2. The molecular weight excluding hydrogens is 1350 g/mol. The third-order valence-electron chi connectivity index (χ3n) is 12.5. The highest BCUT2D eigenvalue weighted by molar-refractivity contribution is 6.47. The van der Waals surface area contributed by atoms with Crippen LogP contribution in [0.15, 0.2) is 115 Å². The zero-order valence-electron chi connectivity index (χ0n) is 43.2. The lowest BCUT2D eigenvalue weighted by atomic mass is 10.0. The molecule has 0 atom stereocenters. The molecule has 0 bridgehead atoms. The summed E-state index contributed by atoms with van der Waals surface area (Å²) in [6, 6.07) is 30.3. The van der Waals surface area contributed by atoms with E-state index in [9.17, 15) is 39.0 Å². The molecule has 6 heterocycles. The predicted molar refractivity (Wildman–Crippen MR) is 340 cm³/mol. The number of hydrogen-bond acceptors (Lipinski definition) is 8. The molecule has 0 spiro atoms. The summed E-state index contributed by atoms with van der Waals surface area (Å²) in [5, 5.41) is 20.4. The number of halogens is 12. The van der Waals surface area contributed by atoms with E-state index in [2.05, 4.69) is 15.0 Å². The van der Waals surface area contributed by atoms with Gasteiger partial charge in [-0.05, 0) is 56.3 Å². The average molecular weight is 1390 g/mol. The van der Waals surface area contributed by atoms with Crippen molar-refractivity contribution in [1.29, 1.82) is 0 Å². The van der Waals surface area contributed by atoms with E-state index in [1.54, 1.807) is 48.5 Å². The highest BCUT2D eigenvalue weighted by atomic mass is 35.5. The van der Waals surface area contributed by atoms with Crippen LogP contribution in [0.2, 0.25) is 61.1 Å². The van der Waals surface area contributed by atoms with E-state index in [1.165, 1.54) is 70.0 Å². The van der Waals surface area contributed by atoms with Gasteiger partial charge in [-0.15, -0.1) is 0 Å². The van der Waals surface area contributed by atoms with Crippen molar-refractivity contribution in [1.82, 2.24) is 28.7 Å². The van der Waals surface area contributed by atoms with E-state index in [1.807, 2.05) is 38.1 Å². The SMILES string of the molecule is C.CC(=O)c1[nH]c(Cl)c(Cl)c1-n1c(C(=O)c2ccccc2O)cc(Cl)c1Cl.CC(=O)c1cc(Cl)c(Cl)n1-c1c(C(=O)c2ccccc2O)[nH]c(Cl)c1Cl.Cc1ccc(C(=O)c2[nH]c(Cl)c(Cl)c2-n2c(C(=O)c3ccc(C)cc3)cc(Cl)c2Cl)cc1. The molecule has 6 aromatic heterocycles. The fourth-order valence-electron chi connectivity index (χ4n) is 8.45. The molecule has 0 amide bonds. The molecule has 5 N–H and O–H groups in total. The number of para-hydroxylation sites is 2. The summed E-state index contributed by atoms with van der Waals surface area (Å²) in [5.74, 6) is -2.95. The van der Waals surface area contributed by atoms with E-state index < -0.39 is 11.6 Å². The molecule has 10 rings (SSSR count). The number of phenols is 2. The molecule has 0 aliphatic heterocycles. The van der Waals surface area contributed by atoms with Crippen molar-refractivity contribution < 1.29 is 39.0 Å². The maximum absolute atomic E-state index is 13.3. The molecule has 26 heteroatoms. The number of hydrogen-bond donors (Lipinski definition) is 5. The number of nitrogens with zero attached hydrogens (tertiary/aromatic N) is 3. The first kappa shape index (κ1) is 66.2. The van der Waals surface area contributed by atoms with Crippen LogP contribution in [0.4, 0.5) is 0 Å². The van der Waals surface area contributed by atoms with E-state index in [0.717, 1.165) is 11.1 Å². The second-order valence-electron chi connectivity index (χ2n) is 18.1. The summed E-state index contributed by atoms with van der Waals surface area (Å²) in [5.41, 5.74) is 3.72. The zero-order valence-corrected chi connectivity index (χ0v) is 52.3. The van der Waals surface area contributed by atoms with Crippen LogP contribution in [0.1, 0.15) is 118 Å². The van der Waals surface area contributed by atoms with Crippen LogP contribution in [0.5, 0.6) is 11.5 Å². The molecular formula is C59H40Cl12N6O8. The van der Waals surface area contributed by atoms with Crippen LogP contribution in [-0.4, -0.2) is 73.6 Å². The Balaban J connectivity index is 0.000000183. The van der Waals surface area contributed by atoms with Crippen molar-refractivity contribution in [3.8, 4) is 28.6 Å². The Morgan fingerprint density at radius 1 is 0.388 bits per heavy atom. The number of Topliss-reactive ketones (excluding diaryl/α,β-unsaturated/α-hetero) is 2. The minimum absolute atomic E-state index is 0. The predicted octanol–water partition coefficient (Wildman–Crippen LogP) is 19.3. The standard InChI is InChI=1S/C24H16Cl4N2O2.2C17H10Cl4N2O3.CH4/c1-12-3-7-14(8-4-12)21(31)17-11-16(25)24(28)30(17)20-18(26)23(27)29-19(20)22(32)15-9-5-13(2)6-10-15;1-7(24)13-14(12(19)16(20)22-13)23-10(6-9(18)17(23)21)15(26)8-4-2-3-5-11(8)25;1-7(24)10-6-9(18)17(21)23(10)14-12(19)16(20)22-13(14)15(26)8-4-2-3-5-11(8)25;/h3-11,29H,1-2H3;2*2-6,22,25H,1H3;1H4. The number of nitrogens with one attached hydrogen (secondary N) is 3. The van der Waals surface area contributed by atoms with Gasteiger partial charge in [-0.3, -0.25) is 42.5 Å². The molecule has 14 nitrogen and oxygen atoms in total. The normalized spacial score (nSPS) is 10.9. The highest BCUT2D eigenvalue weighted by Gasteiger charge is 2.32. The highest BCUT2D eigenvalue weighted by Crippen LogP contribution is 2.43. The number of rotatable bonds is 13. The molecule has 0 saturated carbocycles. The first-order valence-electron chi connectivity index (χ1n) is 24.0. The van der Waals surface area contributed by atoms with Gasteiger partial charge in [-0.25, -0.2) is 0 Å². The van der Waals surface area contributed by atoms with Crippen LogP contribution >= 0.6 is 139 Å². The van der Waals surface area contributed by atoms with Gasteiger partial charge in [0.15, 0.2) is 11.6 Å². The number of H-pyrrole nitrogens is 3. The molecule has 438 valence electrons. The van der Waals surface area contributed by atoms with E-state index in [0.29, 0.717) is 11.1 Å². The summed E-state index contributed by atoms with van der Waals surface area (Å²) >= 11 is 74.7. The molecule has 0 unspecified atom stereocenters. The molecule has 10 aromatic rings. The van der Waals surface area contributed by atoms with E-state index in [-0.39, 0.29) is 165 Å². The number of benzene rings is 4. The summed E-state index contributed by atoms with van der Waals surface area (Å²) in [6.45, 7) is 6.48. The zero-order chi connectivity index (χ0) is 61.5. The third-order valence-corrected chi connectivity index (χ3v) is 17.1. The topological polar surface area (TPSA) is 205 Å². The summed E-state index contributed by atoms with van der Waals surface area (Å²) in [4.78, 5) is 84.6. The fourth-order valence-corrected chi connectivity index (χ4v) is 10.9. The maximum Gasteiger partial charge on any atom is 0.215 e. The van der Waals surface area contributed by atoms with E-state index >= 15 is 0 Å². The van der Waals surface area contributed by atoms with Crippen LogP contribution in [-0.2, 0) is 0 Å². The number of aromatic amines is 3. The molecule has 0 aliphatic rings. The Bertz CT molecular complexity index is 4050. The van der Waals surface area contributed by atoms with Gasteiger partial charge in [0.25, 0.3) is 0 Å². The summed E-state index contributed by atoms with van der Waals surface area (Å²) < 4.78 is 3.85. The maximum atomic E-state index is 13.3. The Hall–Kier alpha value is -6.34. The largest absolute Gasteiger partial charge is 0.507 e. The lowest BCUT2D eigenvalue weighted by molar-refractivity contribution is 0.0999. The number of carbonyl (C=O) groups excluding carboxylic acids is 6. The molecule has 0 fully saturated rings. The van der Waals surface area contributed by atoms with Gasteiger partial charge in [0, 0.05) is 25.0 Å². The molecule has 4 aromatic carbocycles. The minimum atomic E-state index is -0.581. The Morgan fingerprint density at radius 2 is 0.706 bits per heavy atom. The number of aromatic nitrogens is 6. The third kappa shape index (κ3) is 13.2. The number of aryl methyl sites for hydroxylation is 2. The molecule has 0 aliphatic carbocycles. The van der Waals surface area contributed by atoms with Gasteiger partial charge in [-0.1, -0.05) is 231 Å². The van der Waals surface area contributed by atoms with Crippen molar-refractivity contribution in [3.05, 3.63) is 244 Å². The fraction of sp³-hybridized carbons (Fsp3) is 0.0847. The van der Waals surface area contributed by atoms with Crippen molar-refractivity contribution in [3.63, 3.8) is 0 Å². The van der Waals surface area contributed by atoms with Crippen molar-refractivity contribution in [2.24, 2.45) is 0 Å². The lowest BCUT2D eigenvalue weighted by Crippen LogP contribution is -2.13. The number of ketones is 6. The quantitative estimate of drug-likeness (QED) is 0.0701. The number of carbonyl (C=O) groups is 6. The molecule has 0 radical (unpaired) electrons.